The van der Waals surface area contributed by atoms with Gasteiger partial charge >= 0.3 is 0 Å². The van der Waals surface area contributed by atoms with Gasteiger partial charge < -0.3 is 4.74 Å². The van der Waals surface area contributed by atoms with Crippen LogP contribution in [0.2, 0.25) is 0 Å². The molecule has 0 fully saturated rings. The number of hydrogen-bond acceptors (Lipinski definition) is 6. The summed E-state index contributed by atoms with van der Waals surface area (Å²) in [7, 11) is 1.63. The van der Waals surface area contributed by atoms with Crippen molar-refractivity contribution in [3.05, 3.63) is 64.1 Å². The van der Waals surface area contributed by atoms with Gasteiger partial charge in [0.05, 0.1) is 18.9 Å². The van der Waals surface area contributed by atoms with Gasteiger partial charge in [0, 0.05) is 10.0 Å². The quantitative estimate of drug-likeness (QED) is 0.417. The van der Waals surface area contributed by atoms with Crippen LogP contribution in [0.1, 0.15) is 22.8 Å². The number of rotatable bonds is 7. The number of ether oxygens (including phenoxy) is 1. The van der Waals surface area contributed by atoms with Crippen molar-refractivity contribution < 1.29 is 9.53 Å². The summed E-state index contributed by atoms with van der Waals surface area (Å²) in [6, 6.07) is 15.1. The van der Waals surface area contributed by atoms with Crippen molar-refractivity contribution >= 4 is 33.5 Å². The summed E-state index contributed by atoms with van der Waals surface area (Å²) in [5.41, 5.74) is 1.72. The maximum absolute atomic E-state index is 12.6. The van der Waals surface area contributed by atoms with Crippen LogP contribution in [0.3, 0.4) is 0 Å². The number of hydrogen-bond donors (Lipinski definition) is 0. The van der Waals surface area contributed by atoms with E-state index >= 15 is 0 Å². The zero-order chi connectivity index (χ0) is 18.5. The van der Waals surface area contributed by atoms with Gasteiger partial charge in [-0.2, -0.15) is 0 Å². The number of ketones is 1. The average molecular weight is 433 g/mol. The zero-order valence-corrected chi connectivity index (χ0v) is 16.7. The topological polar surface area (TPSA) is 69.9 Å². The number of thioether (sulfide) groups is 1. The molecule has 1 heterocycles. The maximum atomic E-state index is 12.6. The third kappa shape index (κ3) is 4.50. The van der Waals surface area contributed by atoms with Crippen LogP contribution < -0.4 is 4.74 Å². The lowest BCUT2D eigenvalue weighted by Crippen LogP contribution is -2.15. The SMILES string of the molecule is COc1ccc(Cn2nnnc2S[C@H](C)C(=O)c2ccc(Br)cc2)cc1. The number of Topliss-reactive ketones (excluding diaryl/α,β-unsaturated/α-hetero) is 1. The molecule has 0 spiro atoms. The van der Waals surface area contributed by atoms with Crippen molar-refractivity contribution in [3.63, 3.8) is 0 Å². The number of carbonyl (C=O) groups is 1. The molecule has 0 aliphatic rings. The molecule has 26 heavy (non-hydrogen) atoms. The Morgan fingerprint density at radius 1 is 1.19 bits per heavy atom. The van der Waals surface area contributed by atoms with Gasteiger partial charge in [0.1, 0.15) is 5.75 Å². The smallest absolute Gasteiger partial charge is 0.210 e. The minimum atomic E-state index is -0.295. The molecule has 1 aromatic heterocycles. The highest BCUT2D eigenvalue weighted by atomic mass is 79.9. The fraction of sp³-hybridized carbons (Fsp3) is 0.222. The molecule has 0 bridgehead atoms. The van der Waals surface area contributed by atoms with Crippen LogP contribution in [0.4, 0.5) is 0 Å². The van der Waals surface area contributed by atoms with Gasteiger partial charge in [-0.3, -0.25) is 4.79 Å². The zero-order valence-electron chi connectivity index (χ0n) is 14.3. The molecule has 0 saturated heterocycles. The lowest BCUT2D eigenvalue weighted by Gasteiger charge is -2.10. The van der Waals surface area contributed by atoms with Crippen LogP contribution in [0.15, 0.2) is 58.2 Å². The van der Waals surface area contributed by atoms with Gasteiger partial charge in [-0.1, -0.05) is 52.0 Å². The maximum Gasteiger partial charge on any atom is 0.210 e. The number of benzene rings is 2. The molecular formula is C18H17BrN4O2S. The molecular weight excluding hydrogens is 416 g/mol. The molecule has 0 N–H and O–H groups in total. The first-order chi connectivity index (χ1) is 12.6. The number of tetrazole rings is 1. The van der Waals surface area contributed by atoms with Crippen molar-refractivity contribution in [1.82, 2.24) is 20.2 Å². The molecule has 0 radical (unpaired) electrons. The van der Waals surface area contributed by atoms with Crippen molar-refractivity contribution in [3.8, 4) is 5.75 Å². The third-order valence-corrected chi connectivity index (χ3v) is 5.37. The van der Waals surface area contributed by atoms with Crippen molar-refractivity contribution in [2.75, 3.05) is 7.11 Å². The summed E-state index contributed by atoms with van der Waals surface area (Å²) in [6.45, 7) is 2.39. The van der Waals surface area contributed by atoms with Crippen LogP contribution in [0.25, 0.3) is 0 Å². The van der Waals surface area contributed by atoms with E-state index in [0.29, 0.717) is 17.3 Å². The molecule has 0 aliphatic carbocycles. The molecule has 0 unspecified atom stereocenters. The lowest BCUT2D eigenvalue weighted by atomic mass is 10.1. The minimum Gasteiger partial charge on any atom is -0.497 e. The van der Waals surface area contributed by atoms with E-state index in [-0.39, 0.29) is 11.0 Å². The first kappa shape index (κ1) is 18.6. The van der Waals surface area contributed by atoms with E-state index in [1.165, 1.54) is 11.8 Å². The van der Waals surface area contributed by atoms with E-state index in [0.717, 1.165) is 15.8 Å². The van der Waals surface area contributed by atoms with E-state index in [9.17, 15) is 4.79 Å². The van der Waals surface area contributed by atoms with Gasteiger partial charge in [-0.05, 0) is 47.2 Å². The molecule has 3 aromatic rings. The Morgan fingerprint density at radius 3 is 2.54 bits per heavy atom. The third-order valence-electron chi connectivity index (χ3n) is 3.77. The second-order valence-corrected chi connectivity index (χ2v) is 7.82. The highest BCUT2D eigenvalue weighted by molar-refractivity contribution is 9.10. The predicted octanol–water partition coefficient (Wildman–Crippen LogP) is 3.86. The van der Waals surface area contributed by atoms with Crippen LogP contribution in [0.5, 0.6) is 5.75 Å². The van der Waals surface area contributed by atoms with Gasteiger partial charge in [0.2, 0.25) is 5.16 Å². The van der Waals surface area contributed by atoms with Crippen molar-refractivity contribution in [1.29, 1.82) is 0 Å². The molecule has 3 rings (SSSR count). The van der Waals surface area contributed by atoms with Gasteiger partial charge in [-0.15, -0.1) is 5.10 Å². The standard InChI is InChI=1S/C18H17BrN4O2S/c1-12(17(24)14-5-7-15(19)8-6-14)26-18-20-21-22-23(18)11-13-3-9-16(25-2)10-4-13/h3-10,12H,11H2,1-2H3/t12-/m1/s1. The normalized spacial score (nSPS) is 12.0. The van der Waals surface area contributed by atoms with E-state index in [4.69, 9.17) is 4.74 Å². The van der Waals surface area contributed by atoms with Crippen LogP contribution in [-0.4, -0.2) is 38.4 Å². The summed E-state index contributed by atoms with van der Waals surface area (Å²) < 4.78 is 7.80. The van der Waals surface area contributed by atoms with Crippen LogP contribution in [0, 0.1) is 0 Å². The Hall–Kier alpha value is -2.19. The van der Waals surface area contributed by atoms with Crippen LogP contribution >= 0.6 is 27.7 Å². The second-order valence-electron chi connectivity index (χ2n) is 5.60. The number of methoxy groups -OCH3 is 1. The Bertz CT molecular complexity index is 881. The first-order valence-electron chi connectivity index (χ1n) is 7.92. The van der Waals surface area contributed by atoms with E-state index in [2.05, 4.69) is 31.5 Å². The molecule has 2 aromatic carbocycles. The molecule has 0 amide bonds. The molecule has 6 nitrogen and oxygen atoms in total. The summed E-state index contributed by atoms with van der Waals surface area (Å²) in [6.07, 6.45) is 0. The lowest BCUT2D eigenvalue weighted by molar-refractivity contribution is 0.0994. The number of nitrogens with zero attached hydrogens (tertiary/aromatic N) is 4. The Balaban J connectivity index is 1.69. The average Bonchev–Trinajstić information content (AvgIpc) is 3.09. The fourth-order valence-corrected chi connectivity index (χ4v) is 3.47. The fourth-order valence-electron chi connectivity index (χ4n) is 2.34. The number of carbonyl (C=O) groups excluding carboxylic acids is 1. The highest BCUT2D eigenvalue weighted by Crippen LogP contribution is 2.24. The van der Waals surface area contributed by atoms with Crippen molar-refractivity contribution in [2.24, 2.45) is 0 Å². The molecule has 1 atom stereocenters. The van der Waals surface area contributed by atoms with E-state index in [1.807, 2.05) is 55.5 Å². The Morgan fingerprint density at radius 2 is 1.88 bits per heavy atom. The summed E-state index contributed by atoms with van der Waals surface area (Å²) in [5, 5.41) is 12.2. The first-order valence-corrected chi connectivity index (χ1v) is 9.59. The largest absolute Gasteiger partial charge is 0.497 e. The van der Waals surface area contributed by atoms with Gasteiger partial charge in [-0.25, -0.2) is 4.68 Å². The molecule has 0 saturated carbocycles. The summed E-state index contributed by atoms with van der Waals surface area (Å²) in [4.78, 5) is 12.6. The second kappa shape index (κ2) is 8.46. The van der Waals surface area contributed by atoms with Gasteiger partial charge in [0.15, 0.2) is 5.78 Å². The number of halogens is 1. The number of aromatic nitrogens is 4. The minimum absolute atomic E-state index is 0.0431. The van der Waals surface area contributed by atoms with Gasteiger partial charge in [0.25, 0.3) is 0 Å². The van der Waals surface area contributed by atoms with Crippen LogP contribution in [-0.2, 0) is 6.54 Å². The summed E-state index contributed by atoms with van der Waals surface area (Å²) in [5.74, 6) is 0.843. The molecule has 134 valence electrons. The Kier molecular flexibility index (Phi) is 6.05. The molecule has 8 heteroatoms. The highest BCUT2D eigenvalue weighted by Gasteiger charge is 2.20. The predicted molar refractivity (Wildman–Crippen MR) is 104 cm³/mol. The molecule has 0 aliphatic heterocycles. The van der Waals surface area contributed by atoms with Crippen molar-refractivity contribution in [2.45, 2.75) is 23.9 Å². The van der Waals surface area contributed by atoms with E-state index < -0.39 is 0 Å². The monoisotopic (exact) mass is 432 g/mol. The Labute approximate surface area is 164 Å². The summed E-state index contributed by atoms with van der Waals surface area (Å²) >= 11 is 4.73. The van der Waals surface area contributed by atoms with E-state index in [1.54, 1.807) is 11.8 Å².